The lowest BCUT2D eigenvalue weighted by molar-refractivity contribution is -0.134. The first-order valence-corrected chi connectivity index (χ1v) is 6.64. The summed E-state index contributed by atoms with van der Waals surface area (Å²) in [7, 11) is 1.38. The number of hydrogen-bond acceptors (Lipinski definition) is 2. The van der Waals surface area contributed by atoms with Crippen molar-refractivity contribution in [2.75, 3.05) is 7.11 Å². The molecule has 2 nitrogen and oxygen atoms in total. The minimum atomic E-state index is -0.345. The van der Waals surface area contributed by atoms with E-state index >= 15 is 0 Å². The molecule has 0 bridgehead atoms. The van der Waals surface area contributed by atoms with Crippen LogP contribution in [0.5, 0.6) is 0 Å². The van der Waals surface area contributed by atoms with Crippen molar-refractivity contribution in [1.29, 1.82) is 0 Å². The van der Waals surface area contributed by atoms with Crippen molar-refractivity contribution in [2.24, 2.45) is 5.41 Å². The normalized spacial score (nSPS) is 11.1. The maximum atomic E-state index is 11.3. The zero-order valence-electron chi connectivity index (χ0n) is 12.9. The Hall–Kier alpha value is -2.05. The Morgan fingerprint density at radius 3 is 2.30 bits per heavy atom. The highest BCUT2D eigenvalue weighted by atomic mass is 16.5. The van der Waals surface area contributed by atoms with E-state index in [9.17, 15) is 4.79 Å². The molecule has 0 fully saturated rings. The van der Waals surface area contributed by atoms with E-state index in [-0.39, 0.29) is 11.4 Å². The number of carbonyl (C=O) groups excluding carboxylic acids is 1. The first-order chi connectivity index (χ1) is 9.36. The average molecular weight is 270 g/mol. The predicted molar refractivity (Wildman–Crippen MR) is 83.2 cm³/mol. The molecule has 0 saturated heterocycles. The topological polar surface area (TPSA) is 26.3 Å². The van der Waals surface area contributed by atoms with Crippen LogP contribution in [-0.2, 0) is 9.53 Å². The summed E-state index contributed by atoms with van der Waals surface area (Å²) in [4.78, 5) is 11.3. The number of carbonyl (C=O) groups is 1. The second-order valence-electron chi connectivity index (χ2n) is 5.44. The van der Waals surface area contributed by atoms with Crippen LogP contribution in [0.4, 0.5) is 0 Å². The van der Waals surface area contributed by atoms with Crippen molar-refractivity contribution in [2.45, 2.75) is 27.7 Å². The van der Waals surface area contributed by atoms with Gasteiger partial charge in [0.05, 0.1) is 7.11 Å². The molecular weight excluding hydrogens is 248 g/mol. The van der Waals surface area contributed by atoms with Gasteiger partial charge in [-0.1, -0.05) is 50.3 Å². The minimum Gasteiger partial charge on any atom is -0.466 e. The van der Waals surface area contributed by atoms with Gasteiger partial charge in [0.1, 0.15) is 0 Å². The molecule has 106 valence electrons. The molecule has 0 heterocycles. The number of methoxy groups -OCH3 is 1. The van der Waals surface area contributed by atoms with Gasteiger partial charge in [-0.25, -0.2) is 4.79 Å². The largest absolute Gasteiger partial charge is 0.466 e. The van der Waals surface area contributed by atoms with Crippen LogP contribution in [0, 0.1) is 5.41 Å². The van der Waals surface area contributed by atoms with Crippen LogP contribution < -0.4 is 0 Å². The average Bonchev–Trinajstić information content (AvgIpc) is 2.43. The highest BCUT2D eigenvalue weighted by Crippen LogP contribution is 2.35. The van der Waals surface area contributed by atoms with Crippen molar-refractivity contribution in [3.8, 4) is 0 Å². The lowest BCUT2D eigenvalue weighted by Gasteiger charge is -2.23. The van der Waals surface area contributed by atoms with Gasteiger partial charge in [-0.3, -0.25) is 0 Å². The Kier molecular flexibility index (Phi) is 5.54. The molecule has 20 heavy (non-hydrogen) atoms. The number of allylic oxidation sites excluding steroid dienone is 2. The summed E-state index contributed by atoms with van der Waals surface area (Å²) in [5.41, 5.74) is 6.35. The Morgan fingerprint density at radius 1 is 1.20 bits per heavy atom. The maximum absolute atomic E-state index is 11.3. The zero-order chi connectivity index (χ0) is 15.2. The van der Waals surface area contributed by atoms with Gasteiger partial charge in [-0.2, -0.15) is 0 Å². The summed E-state index contributed by atoms with van der Waals surface area (Å²) >= 11 is 0. The lowest BCUT2D eigenvalue weighted by Crippen LogP contribution is -2.11. The van der Waals surface area contributed by atoms with E-state index in [1.165, 1.54) is 13.2 Å². The Morgan fingerprint density at radius 2 is 1.80 bits per heavy atom. The first kappa shape index (κ1) is 16.0. The SMILES string of the molecule is COC(=O)/C=C/C(C)(C)C(=C=C(C)C)c1ccccc1. The second-order valence-corrected chi connectivity index (χ2v) is 5.44. The highest BCUT2D eigenvalue weighted by Gasteiger charge is 2.22. The van der Waals surface area contributed by atoms with Gasteiger partial charge in [0.2, 0.25) is 0 Å². The van der Waals surface area contributed by atoms with Crippen LogP contribution in [0.15, 0.2) is 53.8 Å². The summed E-state index contributed by atoms with van der Waals surface area (Å²) in [6, 6.07) is 10.1. The summed E-state index contributed by atoms with van der Waals surface area (Å²) < 4.78 is 4.65. The second kappa shape index (κ2) is 6.93. The Bertz CT molecular complexity index is 552. The number of ether oxygens (including phenoxy) is 1. The molecule has 0 aromatic heterocycles. The van der Waals surface area contributed by atoms with E-state index in [1.54, 1.807) is 0 Å². The molecule has 2 heteroatoms. The monoisotopic (exact) mass is 270 g/mol. The molecular formula is C18H22O2. The van der Waals surface area contributed by atoms with E-state index in [0.29, 0.717) is 0 Å². The molecule has 1 aromatic carbocycles. The smallest absolute Gasteiger partial charge is 0.330 e. The van der Waals surface area contributed by atoms with Gasteiger partial charge in [-0.15, -0.1) is 5.73 Å². The van der Waals surface area contributed by atoms with Crippen LogP contribution >= 0.6 is 0 Å². The van der Waals surface area contributed by atoms with Gasteiger partial charge in [0, 0.05) is 17.1 Å². The van der Waals surface area contributed by atoms with E-state index in [0.717, 1.165) is 16.7 Å². The molecule has 0 aliphatic heterocycles. The fourth-order valence-corrected chi connectivity index (χ4v) is 1.89. The van der Waals surface area contributed by atoms with E-state index in [2.05, 4.69) is 36.4 Å². The van der Waals surface area contributed by atoms with Gasteiger partial charge < -0.3 is 4.74 Å². The van der Waals surface area contributed by atoms with Gasteiger partial charge in [0.25, 0.3) is 0 Å². The lowest BCUT2D eigenvalue weighted by atomic mass is 9.80. The van der Waals surface area contributed by atoms with Crippen LogP contribution in [0.2, 0.25) is 0 Å². The van der Waals surface area contributed by atoms with E-state index in [4.69, 9.17) is 0 Å². The summed E-state index contributed by atoms with van der Waals surface area (Å²) in [5.74, 6) is -0.345. The van der Waals surface area contributed by atoms with Gasteiger partial charge in [0.15, 0.2) is 0 Å². The summed E-state index contributed by atoms with van der Waals surface area (Å²) in [6.45, 7) is 8.15. The Labute approximate surface area is 121 Å². The third-order valence-electron chi connectivity index (χ3n) is 2.92. The molecule has 0 aliphatic rings. The molecule has 0 radical (unpaired) electrons. The molecule has 0 unspecified atom stereocenters. The fraction of sp³-hybridized carbons (Fsp3) is 0.333. The standard InChI is InChI=1S/C18H22O2/c1-14(2)13-16(15-9-7-6-8-10-15)18(3,4)12-11-17(19)20-5/h6-12H,1-5H3/b12-11+. The summed E-state index contributed by atoms with van der Waals surface area (Å²) in [6.07, 6.45) is 3.33. The van der Waals surface area contributed by atoms with Crippen LogP contribution in [0.25, 0.3) is 5.57 Å². The molecule has 0 atom stereocenters. The van der Waals surface area contributed by atoms with E-state index in [1.807, 2.05) is 38.1 Å². The summed E-state index contributed by atoms with van der Waals surface area (Å²) in [5, 5.41) is 0. The molecule has 1 aromatic rings. The van der Waals surface area contributed by atoms with Gasteiger partial charge >= 0.3 is 5.97 Å². The molecule has 1 rings (SSSR count). The van der Waals surface area contributed by atoms with Crippen LogP contribution in [0.3, 0.4) is 0 Å². The van der Waals surface area contributed by atoms with E-state index < -0.39 is 0 Å². The quantitative estimate of drug-likeness (QED) is 0.461. The predicted octanol–water partition coefficient (Wildman–Crippen LogP) is 4.39. The molecule has 0 spiro atoms. The van der Waals surface area contributed by atoms with Crippen molar-refractivity contribution in [1.82, 2.24) is 0 Å². The van der Waals surface area contributed by atoms with Crippen LogP contribution in [0.1, 0.15) is 33.3 Å². The van der Waals surface area contributed by atoms with Crippen LogP contribution in [-0.4, -0.2) is 13.1 Å². The van der Waals surface area contributed by atoms with Crippen molar-refractivity contribution < 1.29 is 9.53 Å². The minimum absolute atomic E-state index is 0.313. The van der Waals surface area contributed by atoms with Crippen molar-refractivity contribution in [3.63, 3.8) is 0 Å². The van der Waals surface area contributed by atoms with Gasteiger partial charge in [-0.05, 0) is 25.0 Å². The third-order valence-corrected chi connectivity index (χ3v) is 2.92. The van der Waals surface area contributed by atoms with Crippen molar-refractivity contribution >= 4 is 11.5 Å². The number of benzene rings is 1. The first-order valence-electron chi connectivity index (χ1n) is 6.64. The number of esters is 1. The molecule has 0 aliphatic carbocycles. The number of rotatable bonds is 4. The number of hydrogen-bond donors (Lipinski definition) is 0. The van der Waals surface area contributed by atoms with Crippen molar-refractivity contribution in [3.05, 3.63) is 59.4 Å². The highest BCUT2D eigenvalue weighted by molar-refractivity contribution is 5.83. The third kappa shape index (κ3) is 4.56. The maximum Gasteiger partial charge on any atom is 0.330 e. The zero-order valence-corrected chi connectivity index (χ0v) is 12.9. The Balaban J connectivity index is 3.30. The fourth-order valence-electron chi connectivity index (χ4n) is 1.89. The molecule has 0 saturated carbocycles. The molecule has 0 N–H and O–H groups in total. The molecule has 0 amide bonds.